The molecule has 2 amide bonds. The van der Waals surface area contributed by atoms with Crippen LogP contribution in [0.25, 0.3) is 10.8 Å². The van der Waals surface area contributed by atoms with Crippen molar-refractivity contribution >= 4 is 44.9 Å². The molecule has 0 radical (unpaired) electrons. The smallest absolute Gasteiger partial charge is 0.305 e. The first-order chi connectivity index (χ1) is 19.2. The van der Waals surface area contributed by atoms with E-state index >= 15 is 0 Å². The van der Waals surface area contributed by atoms with E-state index in [4.69, 9.17) is 10.9 Å². The molecule has 0 aromatic heterocycles. The number of nitrogens with two attached hydrogens (primary N) is 1. The topological polar surface area (TPSA) is 174 Å². The first-order valence-corrected chi connectivity index (χ1v) is 14.9. The highest BCUT2D eigenvalue weighted by Gasteiger charge is 2.38. The number of benzene rings is 2. The molecule has 1 atom stereocenters. The molecule has 0 bridgehead atoms. The van der Waals surface area contributed by atoms with Crippen LogP contribution in [0.1, 0.15) is 38.5 Å². The van der Waals surface area contributed by atoms with Gasteiger partial charge in [0.05, 0.1) is 17.7 Å². The summed E-state index contributed by atoms with van der Waals surface area (Å²) in [5.74, 6) is 3.32. The number of carbonyl (C=O) groups is 3. The van der Waals surface area contributed by atoms with Crippen LogP contribution in [0.5, 0.6) is 0 Å². The zero-order valence-electron chi connectivity index (χ0n) is 22.2. The summed E-state index contributed by atoms with van der Waals surface area (Å²) in [5, 5.41) is 17.1. The standard InChI is InChI=1S/C27H36N6O6S/c28-30-18-32-12-9-19(10-13-32)17-29-25(34)16-24(27(37)33(22-6-7-22)14-11-26(35)36)31-40(38,39)23-8-5-20-3-1-2-4-21(20)15-23/h1-5,8,15,18-19,22,24,31H,6-7,9-14,16-17,28H2,(H,29,34)(H,35,36)/t24-/m0/s1. The first kappa shape index (κ1) is 29.3. The average molecular weight is 573 g/mol. The Morgan fingerprint density at radius 1 is 1.10 bits per heavy atom. The number of aliphatic carboxylic acids is 1. The molecule has 40 heavy (non-hydrogen) atoms. The summed E-state index contributed by atoms with van der Waals surface area (Å²) in [4.78, 5) is 41.1. The third-order valence-electron chi connectivity index (χ3n) is 7.32. The Kier molecular flexibility index (Phi) is 9.58. The van der Waals surface area contributed by atoms with Crippen molar-refractivity contribution in [3.63, 3.8) is 0 Å². The number of carboxylic acids is 1. The van der Waals surface area contributed by atoms with Crippen LogP contribution < -0.4 is 15.9 Å². The first-order valence-electron chi connectivity index (χ1n) is 13.4. The average Bonchev–Trinajstić information content (AvgIpc) is 3.77. The molecule has 2 aromatic rings. The number of carbonyl (C=O) groups excluding carboxylic acids is 2. The van der Waals surface area contributed by atoms with Crippen molar-refractivity contribution in [3.8, 4) is 0 Å². The van der Waals surface area contributed by atoms with Crippen LogP contribution in [0.4, 0.5) is 0 Å². The predicted octanol–water partition coefficient (Wildman–Crippen LogP) is 1.07. The van der Waals surface area contributed by atoms with Gasteiger partial charge in [0, 0.05) is 32.2 Å². The number of amides is 2. The molecule has 1 saturated heterocycles. The van der Waals surface area contributed by atoms with Crippen molar-refractivity contribution in [3.05, 3.63) is 42.5 Å². The molecule has 2 aliphatic rings. The molecule has 2 aromatic carbocycles. The molecule has 4 rings (SSSR count). The molecular formula is C27H36N6O6S. The summed E-state index contributed by atoms with van der Waals surface area (Å²) in [6.07, 6.45) is 3.97. The number of hydrogen-bond acceptors (Lipinski definition) is 7. The van der Waals surface area contributed by atoms with Crippen molar-refractivity contribution in [2.75, 3.05) is 26.2 Å². The van der Waals surface area contributed by atoms with Gasteiger partial charge in [-0.25, -0.2) is 8.42 Å². The second kappa shape index (κ2) is 13.1. The maximum Gasteiger partial charge on any atom is 0.305 e. The number of hydrogen-bond donors (Lipinski definition) is 4. The molecule has 1 heterocycles. The Morgan fingerprint density at radius 2 is 1.80 bits per heavy atom. The Bertz CT molecular complexity index is 1350. The summed E-state index contributed by atoms with van der Waals surface area (Å²) < 4.78 is 29.3. The van der Waals surface area contributed by atoms with Gasteiger partial charge in [-0.05, 0) is 54.5 Å². The molecule has 1 aliphatic heterocycles. The fourth-order valence-electron chi connectivity index (χ4n) is 4.93. The van der Waals surface area contributed by atoms with E-state index in [-0.39, 0.29) is 29.8 Å². The van der Waals surface area contributed by atoms with Gasteiger partial charge in [0.2, 0.25) is 21.8 Å². The highest BCUT2D eigenvalue weighted by atomic mass is 32.2. The number of hydrazone groups is 1. The molecule has 1 aliphatic carbocycles. The van der Waals surface area contributed by atoms with Crippen LogP contribution in [-0.4, -0.2) is 85.7 Å². The number of nitrogens with zero attached hydrogens (tertiary/aromatic N) is 3. The highest BCUT2D eigenvalue weighted by molar-refractivity contribution is 7.89. The fraction of sp³-hybridized carbons (Fsp3) is 0.481. The molecule has 1 saturated carbocycles. The van der Waals surface area contributed by atoms with Crippen molar-refractivity contribution < 1.29 is 27.9 Å². The number of piperidine rings is 1. The van der Waals surface area contributed by atoms with Gasteiger partial charge in [0.1, 0.15) is 12.4 Å². The molecule has 12 nitrogen and oxygen atoms in total. The van der Waals surface area contributed by atoms with E-state index in [2.05, 4.69) is 15.1 Å². The number of carboxylic acid groups (broad SMARTS) is 1. The van der Waals surface area contributed by atoms with Crippen LogP contribution in [0, 0.1) is 5.92 Å². The van der Waals surface area contributed by atoms with E-state index in [1.165, 1.54) is 17.0 Å². The summed E-state index contributed by atoms with van der Waals surface area (Å²) in [5.41, 5.74) is 0. The molecule has 0 unspecified atom stereocenters. The maximum atomic E-state index is 13.6. The van der Waals surface area contributed by atoms with Crippen molar-refractivity contribution in [1.29, 1.82) is 0 Å². The Labute approximate surface area is 233 Å². The summed E-state index contributed by atoms with van der Waals surface area (Å²) >= 11 is 0. The molecule has 0 spiro atoms. The second-order valence-electron chi connectivity index (χ2n) is 10.3. The van der Waals surface area contributed by atoms with Crippen molar-refractivity contribution in [1.82, 2.24) is 19.8 Å². The Hall–Kier alpha value is -3.71. The van der Waals surface area contributed by atoms with E-state index < -0.39 is 40.3 Å². The lowest BCUT2D eigenvalue weighted by molar-refractivity contribution is -0.140. The van der Waals surface area contributed by atoms with E-state index in [1.807, 2.05) is 17.0 Å². The van der Waals surface area contributed by atoms with Gasteiger partial charge in [-0.1, -0.05) is 30.3 Å². The summed E-state index contributed by atoms with van der Waals surface area (Å²) in [7, 11) is -4.18. The lowest BCUT2D eigenvalue weighted by Gasteiger charge is -2.30. The van der Waals surface area contributed by atoms with E-state index in [0.29, 0.717) is 19.4 Å². The molecule has 2 fully saturated rings. The van der Waals surface area contributed by atoms with Crippen LogP contribution in [0.15, 0.2) is 52.5 Å². The highest BCUT2D eigenvalue weighted by Crippen LogP contribution is 2.28. The Morgan fingerprint density at radius 3 is 2.45 bits per heavy atom. The van der Waals surface area contributed by atoms with Gasteiger partial charge in [0.25, 0.3) is 0 Å². The minimum absolute atomic E-state index is 0.0271. The zero-order chi connectivity index (χ0) is 28.7. The third-order valence-corrected chi connectivity index (χ3v) is 8.79. The maximum absolute atomic E-state index is 13.6. The molecule has 216 valence electrons. The minimum Gasteiger partial charge on any atom is -0.481 e. The van der Waals surface area contributed by atoms with Gasteiger partial charge in [0.15, 0.2) is 0 Å². The number of sulfonamides is 1. The number of fused-ring (bicyclic) bond motifs is 1. The largest absolute Gasteiger partial charge is 0.481 e. The quantitative estimate of drug-likeness (QED) is 0.119. The number of nitrogens with one attached hydrogen (secondary N) is 2. The Balaban J connectivity index is 1.48. The van der Waals surface area contributed by atoms with Crippen LogP contribution in [0.2, 0.25) is 0 Å². The minimum atomic E-state index is -4.18. The van der Waals surface area contributed by atoms with Crippen LogP contribution >= 0.6 is 0 Å². The predicted molar refractivity (Wildman–Crippen MR) is 150 cm³/mol. The third kappa shape index (κ3) is 7.92. The lowest BCUT2D eigenvalue weighted by Crippen LogP contribution is -2.51. The normalized spacial score (nSPS) is 17.1. The van der Waals surface area contributed by atoms with Crippen molar-refractivity contribution in [2.24, 2.45) is 16.9 Å². The molecular weight excluding hydrogens is 536 g/mol. The van der Waals surface area contributed by atoms with E-state index in [0.717, 1.165) is 36.7 Å². The number of rotatable bonds is 13. The van der Waals surface area contributed by atoms with E-state index in [9.17, 15) is 22.8 Å². The van der Waals surface area contributed by atoms with Crippen LogP contribution in [-0.2, 0) is 24.4 Å². The molecule has 5 N–H and O–H groups in total. The monoisotopic (exact) mass is 572 g/mol. The van der Waals surface area contributed by atoms with Gasteiger partial charge < -0.3 is 26.1 Å². The summed E-state index contributed by atoms with van der Waals surface area (Å²) in [6.45, 7) is 1.86. The number of likely N-dealkylation sites (tertiary alicyclic amines) is 1. The van der Waals surface area contributed by atoms with Gasteiger partial charge in [-0.15, -0.1) is 0 Å². The van der Waals surface area contributed by atoms with Gasteiger partial charge >= 0.3 is 5.97 Å². The summed E-state index contributed by atoms with van der Waals surface area (Å²) in [6, 6.07) is 10.4. The van der Waals surface area contributed by atoms with E-state index in [1.54, 1.807) is 24.5 Å². The van der Waals surface area contributed by atoms with Crippen LogP contribution in [0.3, 0.4) is 0 Å². The molecule has 13 heteroatoms. The van der Waals surface area contributed by atoms with Crippen molar-refractivity contribution in [2.45, 2.75) is 55.5 Å². The fourth-order valence-corrected chi connectivity index (χ4v) is 6.15. The second-order valence-corrected chi connectivity index (χ2v) is 12.1. The lowest BCUT2D eigenvalue weighted by atomic mass is 9.97. The van der Waals surface area contributed by atoms with Gasteiger partial charge in [-0.2, -0.15) is 9.82 Å². The zero-order valence-corrected chi connectivity index (χ0v) is 23.1. The van der Waals surface area contributed by atoms with Gasteiger partial charge in [-0.3, -0.25) is 14.4 Å². The SMILES string of the molecule is NN=CN1CCC(CNC(=O)C[C@H](NS(=O)(=O)c2ccc3ccccc3c2)C(=O)N(CCC(=O)O)C2CC2)CC1.